The van der Waals surface area contributed by atoms with E-state index in [2.05, 4.69) is 5.32 Å². The Morgan fingerprint density at radius 2 is 1.54 bits per heavy atom. The molecule has 5 heteroatoms. The Morgan fingerprint density at radius 1 is 0.846 bits per heavy atom. The van der Waals surface area contributed by atoms with Crippen molar-refractivity contribution in [2.24, 2.45) is 0 Å². The highest BCUT2D eigenvalue weighted by atomic mass is 35.5. The molecular weight excluding hydrogens is 389 g/mol. The van der Waals surface area contributed by atoms with Gasteiger partial charge in [-0.2, -0.15) is 0 Å². The van der Waals surface area contributed by atoms with Crippen molar-refractivity contribution in [1.29, 1.82) is 0 Å². The second kappa shape index (κ2) is 8.59. The summed E-state index contributed by atoms with van der Waals surface area (Å²) in [5.74, 6) is 0.0446. The van der Waals surface area contributed by atoms with E-state index in [4.69, 9.17) is 34.8 Å². The predicted molar refractivity (Wildman–Crippen MR) is 110 cm³/mol. The molecule has 0 aliphatic rings. The van der Waals surface area contributed by atoms with Crippen LogP contribution in [0, 0.1) is 0 Å². The smallest absolute Gasteiger partial charge is 0.165 e. The first-order valence-corrected chi connectivity index (χ1v) is 9.21. The van der Waals surface area contributed by atoms with E-state index in [0.29, 0.717) is 20.6 Å². The fourth-order valence-corrected chi connectivity index (χ4v) is 3.09. The Balaban J connectivity index is 1.88. The number of carbonyl (C=O) groups is 1. The Bertz CT molecular complexity index is 895. The van der Waals surface area contributed by atoms with E-state index in [1.165, 1.54) is 0 Å². The van der Waals surface area contributed by atoms with Gasteiger partial charge in [0.1, 0.15) is 0 Å². The molecule has 1 N–H and O–H groups in total. The molecule has 0 radical (unpaired) electrons. The maximum absolute atomic E-state index is 12.7. The molecule has 26 heavy (non-hydrogen) atoms. The normalized spacial score (nSPS) is 11.8. The molecule has 3 rings (SSSR count). The summed E-state index contributed by atoms with van der Waals surface area (Å²) in [6.07, 6.45) is 0.282. The van der Waals surface area contributed by atoms with Crippen molar-refractivity contribution in [3.63, 3.8) is 0 Å². The lowest BCUT2D eigenvalue weighted by molar-refractivity contribution is 0.0976. The van der Waals surface area contributed by atoms with Gasteiger partial charge >= 0.3 is 0 Å². The average Bonchev–Trinajstić information content (AvgIpc) is 2.66. The second-order valence-electron chi connectivity index (χ2n) is 5.87. The Labute approximate surface area is 167 Å². The summed E-state index contributed by atoms with van der Waals surface area (Å²) < 4.78 is 0. The van der Waals surface area contributed by atoms with Gasteiger partial charge in [0, 0.05) is 22.7 Å². The summed E-state index contributed by atoms with van der Waals surface area (Å²) in [4.78, 5) is 12.7. The molecule has 0 aliphatic carbocycles. The molecule has 3 aromatic carbocycles. The lowest BCUT2D eigenvalue weighted by atomic mass is 9.97. The first kappa shape index (κ1) is 18.8. The van der Waals surface area contributed by atoms with Gasteiger partial charge in [0.05, 0.1) is 16.1 Å². The summed E-state index contributed by atoms with van der Waals surface area (Å²) in [5.41, 5.74) is 2.43. The molecule has 0 amide bonds. The van der Waals surface area contributed by atoms with Gasteiger partial charge in [0.2, 0.25) is 0 Å². The molecule has 1 unspecified atom stereocenters. The van der Waals surface area contributed by atoms with Gasteiger partial charge in [-0.3, -0.25) is 4.79 Å². The van der Waals surface area contributed by atoms with E-state index >= 15 is 0 Å². The van der Waals surface area contributed by atoms with E-state index in [1.54, 1.807) is 24.3 Å². The van der Waals surface area contributed by atoms with E-state index in [1.807, 2.05) is 48.5 Å². The van der Waals surface area contributed by atoms with E-state index < -0.39 is 0 Å². The molecule has 132 valence electrons. The quantitative estimate of drug-likeness (QED) is 0.445. The fourth-order valence-electron chi connectivity index (χ4n) is 2.66. The minimum absolute atomic E-state index is 0.0446. The van der Waals surface area contributed by atoms with Crippen LogP contribution in [-0.2, 0) is 0 Å². The molecule has 3 aromatic rings. The third-order valence-electron chi connectivity index (χ3n) is 4.02. The van der Waals surface area contributed by atoms with Crippen molar-refractivity contribution >= 4 is 46.3 Å². The third kappa shape index (κ3) is 4.79. The third-order valence-corrected chi connectivity index (χ3v) is 5.01. The van der Waals surface area contributed by atoms with Crippen LogP contribution in [0.2, 0.25) is 15.1 Å². The standard InChI is InChI=1S/C21H16Cl3NO/c22-16-7-9-17(10-8-16)25-20(15-6-11-18(23)19(24)12-15)13-21(26)14-4-2-1-3-5-14/h1-12,20,25H,13H2. The number of nitrogens with one attached hydrogen (secondary N) is 1. The molecule has 0 aromatic heterocycles. The zero-order valence-corrected chi connectivity index (χ0v) is 16.0. The van der Waals surface area contributed by atoms with Crippen LogP contribution < -0.4 is 5.32 Å². The minimum Gasteiger partial charge on any atom is -0.378 e. The number of benzene rings is 3. The fraction of sp³-hybridized carbons (Fsp3) is 0.0952. The van der Waals surface area contributed by atoms with Gasteiger partial charge < -0.3 is 5.32 Å². The average molecular weight is 405 g/mol. The SMILES string of the molecule is O=C(CC(Nc1ccc(Cl)cc1)c1ccc(Cl)c(Cl)c1)c1ccccc1. The molecule has 1 atom stereocenters. The molecule has 2 nitrogen and oxygen atoms in total. The number of hydrogen-bond acceptors (Lipinski definition) is 2. The van der Waals surface area contributed by atoms with Crippen molar-refractivity contribution < 1.29 is 4.79 Å². The maximum Gasteiger partial charge on any atom is 0.165 e. The van der Waals surface area contributed by atoms with Crippen LogP contribution in [0.15, 0.2) is 72.8 Å². The zero-order valence-electron chi connectivity index (χ0n) is 13.8. The molecule has 0 fully saturated rings. The summed E-state index contributed by atoms with van der Waals surface area (Å²) in [5, 5.41) is 4.98. The number of halogens is 3. The van der Waals surface area contributed by atoms with Crippen LogP contribution in [0.3, 0.4) is 0 Å². The highest BCUT2D eigenvalue weighted by molar-refractivity contribution is 6.42. The highest BCUT2D eigenvalue weighted by Gasteiger charge is 2.18. The van der Waals surface area contributed by atoms with E-state index in [9.17, 15) is 4.79 Å². The van der Waals surface area contributed by atoms with Crippen LogP contribution in [-0.4, -0.2) is 5.78 Å². The molecule has 0 saturated carbocycles. The number of rotatable bonds is 6. The molecule has 0 aliphatic heterocycles. The number of hydrogen-bond donors (Lipinski definition) is 1. The molecular formula is C21H16Cl3NO. The topological polar surface area (TPSA) is 29.1 Å². The molecule has 0 saturated heterocycles. The number of carbonyl (C=O) groups excluding carboxylic acids is 1. The highest BCUT2D eigenvalue weighted by Crippen LogP contribution is 2.30. The van der Waals surface area contributed by atoms with Crippen molar-refractivity contribution in [2.75, 3.05) is 5.32 Å². The summed E-state index contributed by atoms with van der Waals surface area (Å²) in [6.45, 7) is 0. The van der Waals surface area contributed by atoms with E-state index in [-0.39, 0.29) is 18.2 Å². The lowest BCUT2D eigenvalue weighted by Crippen LogP contribution is -2.16. The Morgan fingerprint density at radius 3 is 2.19 bits per heavy atom. The minimum atomic E-state index is -0.251. The van der Waals surface area contributed by atoms with Crippen molar-refractivity contribution in [3.05, 3.63) is 99.0 Å². The van der Waals surface area contributed by atoms with E-state index in [0.717, 1.165) is 11.3 Å². The van der Waals surface area contributed by atoms with Gasteiger partial charge in [-0.05, 0) is 42.0 Å². The summed E-state index contributed by atoms with van der Waals surface area (Å²) in [6, 6.07) is 21.7. The van der Waals surface area contributed by atoms with Crippen molar-refractivity contribution in [1.82, 2.24) is 0 Å². The monoisotopic (exact) mass is 403 g/mol. The van der Waals surface area contributed by atoms with Crippen molar-refractivity contribution in [2.45, 2.75) is 12.5 Å². The number of anilines is 1. The molecule has 0 bridgehead atoms. The predicted octanol–water partition coefficient (Wildman–Crippen LogP) is 7.07. The lowest BCUT2D eigenvalue weighted by Gasteiger charge is -2.20. The van der Waals surface area contributed by atoms with Crippen LogP contribution in [0.1, 0.15) is 28.4 Å². The van der Waals surface area contributed by atoms with Crippen LogP contribution >= 0.6 is 34.8 Å². The Hall–Kier alpha value is -2.00. The largest absolute Gasteiger partial charge is 0.378 e. The molecule has 0 heterocycles. The number of Topliss-reactive ketones (excluding diaryl/α,β-unsaturated/α-hetero) is 1. The van der Waals surface area contributed by atoms with Gasteiger partial charge in [-0.25, -0.2) is 0 Å². The first-order valence-electron chi connectivity index (χ1n) is 8.08. The van der Waals surface area contributed by atoms with Gasteiger partial charge in [-0.1, -0.05) is 71.2 Å². The zero-order chi connectivity index (χ0) is 18.5. The van der Waals surface area contributed by atoms with Crippen LogP contribution in [0.5, 0.6) is 0 Å². The maximum atomic E-state index is 12.7. The number of ketones is 1. The second-order valence-corrected chi connectivity index (χ2v) is 7.12. The molecule has 0 spiro atoms. The first-order chi connectivity index (χ1) is 12.5. The van der Waals surface area contributed by atoms with Gasteiger partial charge in [0.15, 0.2) is 5.78 Å². The van der Waals surface area contributed by atoms with Crippen LogP contribution in [0.4, 0.5) is 5.69 Å². The Kier molecular flexibility index (Phi) is 6.20. The van der Waals surface area contributed by atoms with Gasteiger partial charge in [-0.15, -0.1) is 0 Å². The van der Waals surface area contributed by atoms with Crippen LogP contribution in [0.25, 0.3) is 0 Å². The summed E-state index contributed by atoms with van der Waals surface area (Å²) >= 11 is 18.2. The van der Waals surface area contributed by atoms with Gasteiger partial charge in [0.25, 0.3) is 0 Å². The summed E-state index contributed by atoms with van der Waals surface area (Å²) in [7, 11) is 0. The van der Waals surface area contributed by atoms with Crippen molar-refractivity contribution in [3.8, 4) is 0 Å².